The van der Waals surface area contributed by atoms with E-state index in [1.807, 2.05) is 13.0 Å². The summed E-state index contributed by atoms with van der Waals surface area (Å²) in [5.74, 6) is 2.92. The molecule has 0 amide bonds. The number of hydrogen-bond donors (Lipinski definition) is 1. The molecule has 0 atom stereocenters. The molecule has 0 saturated heterocycles. The van der Waals surface area contributed by atoms with Crippen LogP contribution in [0.4, 0.5) is 5.95 Å². The van der Waals surface area contributed by atoms with Gasteiger partial charge >= 0.3 is 6.01 Å². The van der Waals surface area contributed by atoms with Crippen molar-refractivity contribution >= 4 is 21.9 Å². The van der Waals surface area contributed by atoms with Gasteiger partial charge in [0.2, 0.25) is 5.95 Å². The third kappa shape index (κ3) is 5.57. The lowest BCUT2D eigenvalue weighted by Gasteiger charge is -2.23. The van der Waals surface area contributed by atoms with Crippen LogP contribution in [-0.2, 0) is 5.60 Å². The number of anilines is 1. The summed E-state index contributed by atoms with van der Waals surface area (Å²) in [4.78, 5) is 15.7. The van der Waals surface area contributed by atoms with Crippen LogP contribution in [0, 0.1) is 12.8 Å². The van der Waals surface area contributed by atoms with Crippen LogP contribution in [0.2, 0.25) is 0 Å². The average Bonchev–Trinajstić information content (AvgIpc) is 3.45. The highest BCUT2D eigenvalue weighted by atomic mass is 79.9. The third-order valence-corrected chi connectivity index (χ3v) is 5.39. The maximum atomic E-state index is 10.3. The van der Waals surface area contributed by atoms with Crippen LogP contribution in [0.5, 0.6) is 17.5 Å². The van der Waals surface area contributed by atoms with E-state index in [0.717, 1.165) is 25.4 Å². The minimum atomic E-state index is -1.01. The van der Waals surface area contributed by atoms with Crippen LogP contribution < -0.4 is 14.4 Å². The molecule has 1 heterocycles. The molecule has 0 aliphatic heterocycles. The number of hydrogen-bond acceptors (Lipinski definition) is 7. The van der Waals surface area contributed by atoms with Gasteiger partial charge < -0.3 is 19.5 Å². The standard InChI is InChI=1S/C21H29BrN4O3/c1-6-9-26(12-14-7-8-14)19-23-13(2)24-20(25-19)29-18-16(22)10-15(21(3,4)27)11-17(18)28-5/h10-11,14,27H,6-9,12H2,1-5H3. The summed E-state index contributed by atoms with van der Waals surface area (Å²) in [5.41, 5.74) is -0.297. The van der Waals surface area contributed by atoms with Crippen LogP contribution in [0.1, 0.15) is 51.4 Å². The van der Waals surface area contributed by atoms with Gasteiger partial charge in [-0.1, -0.05) is 6.92 Å². The molecule has 158 valence electrons. The number of aliphatic hydroxyl groups is 1. The van der Waals surface area contributed by atoms with Gasteiger partial charge in [-0.05, 0) is 79.6 Å². The topological polar surface area (TPSA) is 80.6 Å². The number of methoxy groups -OCH3 is 1. The second kappa shape index (κ2) is 8.83. The van der Waals surface area contributed by atoms with Crippen LogP contribution in [0.15, 0.2) is 16.6 Å². The van der Waals surface area contributed by atoms with Gasteiger partial charge in [0.05, 0.1) is 17.2 Å². The first-order chi connectivity index (χ1) is 13.7. The SMILES string of the molecule is CCCN(CC1CC1)c1nc(C)nc(Oc2c(Br)cc(C(C)(C)O)cc2OC)n1. The van der Waals surface area contributed by atoms with Gasteiger partial charge in [0.1, 0.15) is 5.82 Å². The molecular weight excluding hydrogens is 436 g/mol. The minimum absolute atomic E-state index is 0.222. The van der Waals surface area contributed by atoms with E-state index in [9.17, 15) is 5.11 Å². The number of aryl methyl sites for hydroxylation is 1. The van der Waals surface area contributed by atoms with E-state index in [1.165, 1.54) is 12.8 Å². The summed E-state index contributed by atoms with van der Waals surface area (Å²) in [6.45, 7) is 9.29. The van der Waals surface area contributed by atoms with Gasteiger partial charge in [-0.15, -0.1) is 0 Å². The molecule has 1 N–H and O–H groups in total. The van der Waals surface area contributed by atoms with E-state index in [0.29, 0.717) is 33.3 Å². The first kappa shape index (κ1) is 21.8. The van der Waals surface area contributed by atoms with Crippen molar-refractivity contribution in [3.8, 4) is 17.5 Å². The number of nitrogens with zero attached hydrogens (tertiary/aromatic N) is 4. The van der Waals surface area contributed by atoms with Crippen molar-refractivity contribution in [1.29, 1.82) is 0 Å². The van der Waals surface area contributed by atoms with Crippen molar-refractivity contribution in [2.24, 2.45) is 5.92 Å². The quantitative estimate of drug-likeness (QED) is 0.580. The van der Waals surface area contributed by atoms with Gasteiger partial charge in [0, 0.05) is 13.1 Å². The molecule has 1 aliphatic rings. The maximum absolute atomic E-state index is 10.3. The number of ether oxygens (including phenoxy) is 2. The van der Waals surface area contributed by atoms with Crippen LogP contribution in [-0.4, -0.2) is 40.3 Å². The van der Waals surface area contributed by atoms with E-state index in [1.54, 1.807) is 27.0 Å². The molecule has 0 spiro atoms. The van der Waals surface area contributed by atoms with Crippen LogP contribution in [0.25, 0.3) is 0 Å². The highest BCUT2D eigenvalue weighted by Gasteiger charge is 2.26. The summed E-state index contributed by atoms with van der Waals surface area (Å²) in [5, 5.41) is 10.3. The predicted octanol–water partition coefficient (Wildman–Crippen LogP) is 4.60. The van der Waals surface area contributed by atoms with Crippen molar-refractivity contribution in [1.82, 2.24) is 15.0 Å². The normalized spacial score (nSPS) is 14.0. The Morgan fingerprint density at radius 1 is 1.24 bits per heavy atom. The van der Waals surface area contributed by atoms with Crippen molar-refractivity contribution in [2.75, 3.05) is 25.1 Å². The molecule has 2 aromatic rings. The fourth-order valence-electron chi connectivity index (χ4n) is 3.05. The molecule has 0 unspecified atom stereocenters. The van der Waals surface area contributed by atoms with Crippen LogP contribution >= 0.6 is 15.9 Å². The largest absolute Gasteiger partial charge is 0.493 e. The van der Waals surface area contributed by atoms with E-state index in [4.69, 9.17) is 9.47 Å². The van der Waals surface area contributed by atoms with Gasteiger partial charge in [-0.3, -0.25) is 0 Å². The molecule has 8 heteroatoms. The number of aromatic nitrogens is 3. The summed E-state index contributed by atoms with van der Waals surface area (Å²) in [6, 6.07) is 3.79. The van der Waals surface area contributed by atoms with Crippen molar-refractivity contribution in [3.63, 3.8) is 0 Å². The lowest BCUT2D eigenvalue weighted by Crippen LogP contribution is -2.29. The molecular formula is C21H29BrN4O3. The Bertz CT molecular complexity index is 866. The molecule has 1 aromatic heterocycles. The minimum Gasteiger partial charge on any atom is -0.493 e. The van der Waals surface area contributed by atoms with Crippen molar-refractivity contribution < 1.29 is 14.6 Å². The van der Waals surface area contributed by atoms with Gasteiger partial charge in [0.15, 0.2) is 11.5 Å². The zero-order valence-corrected chi connectivity index (χ0v) is 19.3. The first-order valence-corrected chi connectivity index (χ1v) is 10.8. The van der Waals surface area contributed by atoms with E-state index < -0.39 is 5.60 Å². The molecule has 1 fully saturated rings. The Morgan fingerprint density at radius 3 is 2.55 bits per heavy atom. The first-order valence-electron chi connectivity index (χ1n) is 9.97. The van der Waals surface area contributed by atoms with E-state index in [2.05, 4.69) is 42.7 Å². The highest BCUT2D eigenvalue weighted by molar-refractivity contribution is 9.10. The Hall–Kier alpha value is -1.93. The van der Waals surface area contributed by atoms with Gasteiger partial charge in [-0.2, -0.15) is 15.0 Å². The Balaban J connectivity index is 1.92. The Labute approximate surface area is 180 Å². The lowest BCUT2D eigenvalue weighted by molar-refractivity contribution is 0.0782. The summed E-state index contributed by atoms with van der Waals surface area (Å²) in [7, 11) is 1.56. The van der Waals surface area contributed by atoms with E-state index >= 15 is 0 Å². The smallest absolute Gasteiger partial charge is 0.327 e. The zero-order valence-electron chi connectivity index (χ0n) is 17.7. The second-order valence-corrected chi connectivity index (χ2v) is 8.86. The van der Waals surface area contributed by atoms with Crippen molar-refractivity contribution in [2.45, 2.75) is 52.6 Å². The molecule has 7 nitrogen and oxygen atoms in total. The molecule has 1 aromatic carbocycles. The monoisotopic (exact) mass is 464 g/mol. The zero-order chi connectivity index (χ0) is 21.2. The summed E-state index contributed by atoms with van der Waals surface area (Å²) in [6.07, 6.45) is 3.56. The molecule has 3 rings (SSSR count). The van der Waals surface area contributed by atoms with Gasteiger partial charge in [-0.25, -0.2) is 0 Å². The lowest BCUT2D eigenvalue weighted by atomic mass is 9.98. The third-order valence-electron chi connectivity index (χ3n) is 4.80. The summed E-state index contributed by atoms with van der Waals surface area (Å²) < 4.78 is 12.2. The maximum Gasteiger partial charge on any atom is 0.327 e. The molecule has 1 aliphatic carbocycles. The Kier molecular flexibility index (Phi) is 6.63. The van der Waals surface area contributed by atoms with Gasteiger partial charge in [0.25, 0.3) is 0 Å². The Morgan fingerprint density at radius 2 is 1.97 bits per heavy atom. The van der Waals surface area contributed by atoms with E-state index in [-0.39, 0.29) is 6.01 Å². The molecule has 0 bridgehead atoms. The number of halogens is 1. The fraction of sp³-hybridized carbons (Fsp3) is 0.571. The molecule has 29 heavy (non-hydrogen) atoms. The number of benzene rings is 1. The van der Waals surface area contributed by atoms with Crippen LogP contribution in [0.3, 0.4) is 0 Å². The average molecular weight is 465 g/mol. The van der Waals surface area contributed by atoms with Crippen molar-refractivity contribution in [3.05, 3.63) is 28.0 Å². The molecule has 0 radical (unpaired) electrons. The number of rotatable bonds is 9. The fourth-order valence-corrected chi connectivity index (χ4v) is 3.57. The summed E-state index contributed by atoms with van der Waals surface area (Å²) >= 11 is 3.52. The highest BCUT2D eigenvalue weighted by Crippen LogP contribution is 2.41. The predicted molar refractivity (Wildman–Crippen MR) is 116 cm³/mol. The molecule has 1 saturated carbocycles. The second-order valence-electron chi connectivity index (χ2n) is 8.01.